The minimum absolute atomic E-state index is 0.0535. The Bertz CT molecular complexity index is 1000. The van der Waals surface area contributed by atoms with Crippen LogP contribution in [0.3, 0.4) is 0 Å². The monoisotopic (exact) mass is 428 g/mol. The molecule has 2 fully saturated rings. The molecule has 2 aromatic heterocycles. The Kier molecular flexibility index (Phi) is 5.55. The van der Waals surface area contributed by atoms with Gasteiger partial charge in [0.1, 0.15) is 0 Å². The summed E-state index contributed by atoms with van der Waals surface area (Å²) in [6, 6.07) is 5.89. The van der Waals surface area contributed by atoms with E-state index in [4.69, 9.17) is 33.1 Å². The molecule has 2 aromatic rings. The lowest BCUT2D eigenvalue weighted by Crippen LogP contribution is -2.34. The van der Waals surface area contributed by atoms with E-state index in [0.29, 0.717) is 25.6 Å². The average Bonchev–Trinajstić information content (AvgIpc) is 3.51. The van der Waals surface area contributed by atoms with Gasteiger partial charge in [0.25, 0.3) is 5.91 Å². The highest BCUT2D eigenvalue weighted by atomic mass is 35.5. The minimum Gasteiger partial charge on any atom is -0.463 e. The Balaban J connectivity index is 1.40. The number of ether oxygens (including phenoxy) is 1. The van der Waals surface area contributed by atoms with E-state index in [0.717, 1.165) is 25.0 Å². The van der Waals surface area contributed by atoms with E-state index >= 15 is 0 Å². The first-order chi connectivity index (χ1) is 14.4. The van der Waals surface area contributed by atoms with E-state index in [2.05, 4.69) is 26.0 Å². The first-order valence-electron chi connectivity index (χ1n) is 9.69. The Morgan fingerprint density at radius 3 is 2.70 bits per heavy atom. The molecular weight excluding hydrogens is 408 g/mol. The van der Waals surface area contributed by atoms with Gasteiger partial charge in [-0.05, 0) is 43.0 Å². The standard InChI is InChI=1S/C19H21ClN8O2/c20-17-25-18(27-19(26-17)30-9-12-7-11(12)8-21)28-5-3-10(4-6-28)14-2-1-13(22)15(24-14)16(23)29/h1-2,10-12H,3-7,9,22H2,(H2,23,29)/t11-,12+/m1/s1. The number of anilines is 2. The zero-order valence-electron chi connectivity index (χ0n) is 16.2. The number of carbonyl (C=O) groups is 1. The Morgan fingerprint density at radius 1 is 1.27 bits per heavy atom. The number of pyridine rings is 1. The van der Waals surface area contributed by atoms with Crippen LogP contribution in [0.25, 0.3) is 0 Å². The molecule has 1 aliphatic heterocycles. The number of nitrogens with two attached hydrogens (primary N) is 2. The van der Waals surface area contributed by atoms with Crippen molar-refractivity contribution in [2.24, 2.45) is 17.6 Å². The summed E-state index contributed by atoms with van der Waals surface area (Å²) >= 11 is 6.06. The molecule has 1 amide bonds. The number of primary amides is 1. The van der Waals surface area contributed by atoms with Crippen LogP contribution in [0.4, 0.5) is 11.6 Å². The van der Waals surface area contributed by atoms with Gasteiger partial charge in [-0.25, -0.2) is 4.98 Å². The molecule has 30 heavy (non-hydrogen) atoms. The summed E-state index contributed by atoms with van der Waals surface area (Å²) in [7, 11) is 0. The summed E-state index contributed by atoms with van der Waals surface area (Å²) in [5, 5.41) is 8.95. The molecule has 1 aliphatic carbocycles. The third-order valence-electron chi connectivity index (χ3n) is 5.47. The van der Waals surface area contributed by atoms with Gasteiger partial charge in [0, 0.05) is 30.6 Å². The van der Waals surface area contributed by atoms with E-state index in [9.17, 15) is 4.79 Å². The summed E-state index contributed by atoms with van der Waals surface area (Å²) in [6.45, 7) is 1.76. The number of nitrogen functional groups attached to an aromatic ring is 1. The molecule has 4 N–H and O–H groups in total. The van der Waals surface area contributed by atoms with Gasteiger partial charge in [0.2, 0.25) is 11.2 Å². The third-order valence-corrected chi connectivity index (χ3v) is 5.64. The maximum absolute atomic E-state index is 11.5. The molecule has 156 valence electrons. The van der Waals surface area contributed by atoms with Gasteiger partial charge < -0.3 is 21.1 Å². The van der Waals surface area contributed by atoms with Crippen molar-refractivity contribution in [3.8, 4) is 12.1 Å². The number of hydrogen-bond acceptors (Lipinski definition) is 9. The van der Waals surface area contributed by atoms with Crippen molar-refractivity contribution in [3.05, 3.63) is 28.8 Å². The van der Waals surface area contributed by atoms with Crippen molar-refractivity contribution in [1.82, 2.24) is 19.9 Å². The lowest BCUT2D eigenvalue weighted by molar-refractivity contribution is 0.0996. The van der Waals surface area contributed by atoms with Crippen molar-refractivity contribution in [2.45, 2.75) is 25.2 Å². The van der Waals surface area contributed by atoms with Crippen molar-refractivity contribution in [2.75, 3.05) is 30.3 Å². The normalized spacial score (nSPS) is 21.1. The average molecular weight is 429 g/mol. The Labute approximate surface area is 178 Å². The maximum Gasteiger partial charge on any atom is 0.322 e. The van der Waals surface area contributed by atoms with Crippen molar-refractivity contribution in [3.63, 3.8) is 0 Å². The first-order valence-corrected chi connectivity index (χ1v) is 10.1. The second kappa shape index (κ2) is 8.28. The number of piperidine rings is 1. The van der Waals surface area contributed by atoms with E-state index < -0.39 is 5.91 Å². The molecule has 4 rings (SSSR count). The summed E-state index contributed by atoms with van der Waals surface area (Å²) in [5.74, 6) is 0.275. The molecule has 2 aliphatic rings. The van der Waals surface area contributed by atoms with Gasteiger partial charge in [0.15, 0.2) is 5.69 Å². The highest BCUT2D eigenvalue weighted by Gasteiger charge is 2.38. The van der Waals surface area contributed by atoms with Gasteiger partial charge in [0.05, 0.1) is 24.3 Å². The van der Waals surface area contributed by atoms with Gasteiger partial charge in [-0.2, -0.15) is 20.2 Å². The molecule has 1 saturated carbocycles. The number of amides is 1. The zero-order valence-corrected chi connectivity index (χ0v) is 16.9. The Hall–Kier alpha value is -3.19. The van der Waals surface area contributed by atoms with Crippen molar-refractivity contribution < 1.29 is 9.53 Å². The first kappa shape index (κ1) is 20.1. The molecule has 0 radical (unpaired) electrons. The third kappa shape index (κ3) is 4.36. The predicted molar refractivity (Wildman–Crippen MR) is 109 cm³/mol. The number of nitrogens with zero attached hydrogens (tertiary/aromatic N) is 6. The number of nitriles is 1. The van der Waals surface area contributed by atoms with Crippen molar-refractivity contribution in [1.29, 1.82) is 5.26 Å². The van der Waals surface area contributed by atoms with Gasteiger partial charge >= 0.3 is 6.01 Å². The number of aromatic nitrogens is 4. The largest absolute Gasteiger partial charge is 0.463 e. The zero-order chi connectivity index (χ0) is 21.3. The van der Waals surface area contributed by atoms with Crippen LogP contribution >= 0.6 is 11.6 Å². The van der Waals surface area contributed by atoms with Gasteiger partial charge in [-0.1, -0.05) is 0 Å². The van der Waals surface area contributed by atoms with E-state index in [1.807, 2.05) is 11.0 Å². The summed E-state index contributed by atoms with van der Waals surface area (Å²) in [5.41, 5.74) is 12.3. The fourth-order valence-corrected chi connectivity index (χ4v) is 3.73. The summed E-state index contributed by atoms with van der Waals surface area (Å²) in [6.07, 6.45) is 2.42. The second-order valence-electron chi connectivity index (χ2n) is 7.53. The fraction of sp³-hybridized carbons (Fsp3) is 0.474. The van der Waals surface area contributed by atoms with Crippen LogP contribution in [0.2, 0.25) is 5.28 Å². The molecule has 3 heterocycles. The van der Waals surface area contributed by atoms with E-state index in [1.54, 1.807) is 6.07 Å². The Morgan fingerprint density at radius 2 is 2.03 bits per heavy atom. The molecule has 1 saturated heterocycles. The predicted octanol–water partition coefficient (Wildman–Crippen LogP) is 1.52. The smallest absolute Gasteiger partial charge is 0.322 e. The number of halogens is 1. The molecule has 2 atom stereocenters. The highest BCUT2D eigenvalue weighted by molar-refractivity contribution is 6.28. The molecule has 11 heteroatoms. The number of rotatable bonds is 6. The number of hydrogen-bond donors (Lipinski definition) is 2. The summed E-state index contributed by atoms with van der Waals surface area (Å²) in [4.78, 5) is 30.5. The van der Waals surface area contributed by atoms with Crippen LogP contribution in [-0.4, -0.2) is 45.5 Å². The molecular formula is C19H21ClN8O2. The maximum atomic E-state index is 11.5. The van der Waals surface area contributed by atoms with Crippen LogP contribution in [0.5, 0.6) is 6.01 Å². The minimum atomic E-state index is -0.633. The van der Waals surface area contributed by atoms with Crippen molar-refractivity contribution >= 4 is 29.1 Å². The van der Waals surface area contributed by atoms with Gasteiger partial charge in [-0.3, -0.25) is 4.79 Å². The molecule has 10 nitrogen and oxygen atoms in total. The van der Waals surface area contributed by atoms with Crippen LogP contribution in [0, 0.1) is 23.2 Å². The lowest BCUT2D eigenvalue weighted by atomic mass is 9.93. The van der Waals surface area contributed by atoms with Crippen LogP contribution in [0.15, 0.2) is 12.1 Å². The van der Waals surface area contributed by atoms with Crippen LogP contribution in [0.1, 0.15) is 41.4 Å². The van der Waals surface area contributed by atoms with E-state index in [-0.39, 0.29) is 40.4 Å². The summed E-state index contributed by atoms with van der Waals surface area (Å²) < 4.78 is 5.62. The fourth-order valence-electron chi connectivity index (χ4n) is 3.58. The quantitative estimate of drug-likeness (QED) is 0.695. The second-order valence-corrected chi connectivity index (χ2v) is 7.87. The lowest BCUT2D eigenvalue weighted by Gasteiger charge is -2.31. The molecule has 0 aromatic carbocycles. The highest BCUT2D eigenvalue weighted by Crippen LogP contribution is 2.37. The van der Waals surface area contributed by atoms with E-state index in [1.165, 1.54) is 0 Å². The SMILES string of the molecule is N#C[C@H]1C[C@H]1COc1nc(Cl)nc(N2CCC(c3ccc(N)c(C(N)=O)n3)CC2)n1. The topological polar surface area (TPSA) is 157 Å². The van der Waals surface area contributed by atoms with Crippen LogP contribution in [-0.2, 0) is 0 Å². The molecule has 0 bridgehead atoms. The number of carbonyl (C=O) groups excluding carboxylic acids is 1. The van der Waals surface area contributed by atoms with Crippen LogP contribution < -0.4 is 21.1 Å². The molecule has 0 spiro atoms. The van der Waals surface area contributed by atoms with Gasteiger partial charge in [-0.15, -0.1) is 0 Å². The molecule has 0 unspecified atom stereocenters.